The van der Waals surface area contributed by atoms with Crippen LogP contribution in [0.4, 0.5) is 0 Å². The number of esters is 1. The van der Waals surface area contributed by atoms with Gasteiger partial charge in [-0.1, -0.05) is 18.2 Å². The lowest BCUT2D eigenvalue weighted by molar-refractivity contribution is 0.00746. The molecule has 2 aromatic rings. The van der Waals surface area contributed by atoms with Gasteiger partial charge in [-0.15, -0.1) is 11.3 Å². The summed E-state index contributed by atoms with van der Waals surface area (Å²) in [4.78, 5) is 13.1. The number of fused-ring (bicyclic) bond motifs is 1. The molecule has 1 heterocycles. The SMILES string of the molecule is CCOP(C)(=O)Cc1c(C(=O)OC(C)(C)C)sc2ccccc12. The van der Waals surface area contributed by atoms with Crippen LogP contribution in [0.5, 0.6) is 0 Å². The Balaban J connectivity index is 2.49. The molecule has 23 heavy (non-hydrogen) atoms. The molecule has 0 spiro atoms. The molecule has 1 atom stereocenters. The summed E-state index contributed by atoms with van der Waals surface area (Å²) in [6.07, 6.45) is 0.236. The smallest absolute Gasteiger partial charge is 0.349 e. The number of hydrogen-bond acceptors (Lipinski definition) is 5. The molecule has 0 fully saturated rings. The van der Waals surface area contributed by atoms with Crippen LogP contribution in [0.15, 0.2) is 24.3 Å². The van der Waals surface area contributed by atoms with E-state index in [-0.39, 0.29) is 12.1 Å². The first-order valence-corrected chi connectivity index (χ1v) is 10.6. The van der Waals surface area contributed by atoms with Crippen LogP contribution in [0.1, 0.15) is 42.9 Å². The Bertz CT molecular complexity index is 758. The Morgan fingerprint density at radius 2 is 1.91 bits per heavy atom. The lowest BCUT2D eigenvalue weighted by atomic mass is 10.1. The molecule has 0 aliphatic rings. The van der Waals surface area contributed by atoms with Crippen molar-refractivity contribution in [2.75, 3.05) is 13.3 Å². The van der Waals surface area contributed by atoms with Crippen molar-refractivity contribution in [3.8, 4) is 0 Å². The molecule has 0 saturated carbocycles. The Morgan fingerprint density at radius 3 is 2.52 bits per heavy atom. The molecule has 0 radical (unpaired) electrons. The zero-order valence-corrected chi connectivity index (χ0v) is 15.9. The number of rotatable bonds is 5. The topological polar surface area (TPSA) is 52.6 Å². The zero-order chi connectivity index (χ0) is 17.3. The minimum atomic E-state index is -2.80. The van der Waals surface area contributed by atoms with Crippen LogP contribution in [0.2, 0.25) is 0 Å². The van der Waals surface area contributed by atoms with Gasteiger partial charge in [-0.05, 0) is 44.7 Å². The molecule has 1 unspecified atom stereocenters. The van der Waals surface area contributed by atoms with Crippen LogP contribution < -0.4 is 0 Å². The molecule has 0 amide bonds. The van der Waals surface area contributed by atoms with E-state index in [2.05, 4.69) is 0 Å². The third-order valence-corrected chi connectivity index (χ3v) is 6.02. The van der Waals surface area contributed by atoms with E-state index < -0.39 is 13.0 Å². The molecule has 0 N–H and O–H groups in total. The number of carbonyl (C=O) groups is 1. The molecule has 2 rings (SSSR count). The van der Waals surface area contributed by atoms with E-state index in [0.29, 0.717) is 11.5 Å². The van der Waals surface area contributed by atoms with Crippen molar-refractivity contribution >= 4 is 34.8 Å². The highest BCUT2D eigenvalue weighted by Gasteiger charge is 2.28. The molecular formula is C17H23O4PS. The van der Waals surface area contributed by atoms with Crippen molar-refractivity contribution in [1.29, 1.82) is 0 Å². The largest absolute Gasteiger partial charge is 0.456 e. The van der Waals surface area contributed by atoms with Gasteiger partial charge in [0.15, 0.2) is 0 Å². The number of hydrogen-bond donors (Lipinski definition) is 0. The van der Waals surface area contributed by atoms with E-state index in [0.717, 1.165) is 15.6 Å². The van der Waals surface area contributed by atoms with E-state index in [1.807, 2.05) is 52.0 Å². The first-order chi connectivity index (χ1) is 10.6. The first-order valence-electron chi connectivity index (χ1n) is 7.58. The van der Waals surface area contributed by atoms with Gasteiger partial charge >= 0.3 is 5.97 Å². The molecular weight excluding hydrogens is 331 g/mol. The fraction of sp³-hybridized carbons (Fsp3) is 0.471. The minimum absolute atomic E-state index is 0.236. The normalized spacial score (nSPS) is 14.7. The fourth-order valence-corrected chi connectivity index (χ4v) is 5.10. The molecule has 0 aliphatic heterocycles. The summed E-state index contributed by atoms with van der Waals surface area (Å²) in [5, 5.41) is 0.945. The van der Waals surface area contributed by atoms with Crippen LogP contribution in [0.25, 0.3) is 10.1 Å². The maximum absolute atomic E-state index is 12.6. The fourth-order valence-electron chi connectivity index (χ4n) is 2.35. The lowest BCUT2D eigenvalue weighted by Gasteiger charge is -2.20. The summed E-state index contributed by atoms with van der Waals surface area (Å²) >= 11 is 1.38. The first kappa shape index (κ1) is 18.2. The molecule has 6 heteroatoms. The molecule has 126 valence electrons. The Kier molecular flexibility index (Phi) is 5.34. The zero-order valence-electron chi connectivity index (χ0n) is 14.2. The summed E-state index contributed by atoms with van der Waals surface area (Å²) in [5.41, 5.74) is 0.194. The highest BCUT2D eigenvalue weighted by Crippen LogP contribution is 2.49. The number of ether oxygens (including phenoxy) is 1. The Morgan fingerprint density at radius 1 is 1.26 bits per heavy atom. The van der Waals surface area contributed by atoms with Crippen LogP contribution in [-0.4, -0.2) is 24.8 Å². The molecule has 1 aromatic carbocycles. The van der Waals surface area contributed by atoms with Gasteiger partial charge in [0.05, 0.1) is 12.8 Å². The van der Waals surface area contributed by atoms with E-state index in [1.54, 1.807) is 6.66 Å². The van der Waals surface area contributed by atoms with Crippen LogP contribution in [0.3, 0.4) is 0 Å². The van der Waals surface area contributed by atoms with E-state index in [9.17, 15) is 9.36 Å². The highest BCUT2D eigenvalue weighted by atomic mass is 32.1. The van der Waals surface area contributed by atoms with Gasteiger partial charge < -0.3 is 9.26 Å². The van der Waals surface area contributed by atoms with E-state index in [4.69, 9.17) is 9.26 Å². The third-order valence-electron chi connectivity index (χ3n) is 3.13. The molecule has 0 saturated heterocycles. The lowest BCUT2D eigenvalue weighted by Crippen LogP contribution is -2.23. The second kappa shape index (κ2) is 6.76. The number of benzene rings is 1. The van der Waals surface area contributed by atoms with Gasteiger partial charge in [0.2, 0.25) is 7.37 Å². The maximum atomic E-state index is 12.6. The predicted molar refractivity (Wildman–Crippen MR) is 95.9 cm³/mol. The average molecular weight is 354 g/mol. The minimum Gasteiger partial charge on any atom is -0.456 e. The van der Waals surface area contributed by atoms with Crippen molar-refractivity contribution in [2.24, 2.45) is 0 Å². The van der Waals surface area contributed by atoms with E-state index in [1.165, 1.54) is 11.3 Å². The summed E-state index contributed by atoms with van der Waals surface area (Å²) in [7, 11) is -2.80. The molecule has 0 bridgehead atoms. The summed E-state index contributed by atoms with van der Waals surface area (Å²) in [6, 6.07) is 7.74. The monoisotopic (exact) mass is 354 g/mol. The predicted octanol–water partition coefficient (Wildman–Crippen LogP) is 5.30. The van der Waals surface area contributed by atoms with Crippen molar-refractivity contribution in [2.45, 2.75) is 39.5 Å². The van der Waals surface area contributed by atoms with E-state index >= 15 is 0 Å². The van der Waals surface area contributed by atoms with Gasteiger partial charge in [-0.3, -0.25) is 4.57 Å². The second-order valence-electron chi connectivity index (χ2n) is 6.50. The molecule has 0 aliphatic carbocycles. The van der Waals surface area contributed by atoms with Gasteiger partial charge in [0.25, 0.3) is 0 Å². The van der Waals surface area contributed by atoms with Crippen molar-refractivity contribution in [3.63, 3.8) is 0 Å². The van der Waals surface area contributed by atoms with Crippen molar-refractivity contribution < 1.29 is 18.6 Å². The van der Waals surface area contributed by atoms with Crippen LogP contribution in [-0.2, 0) is 20.0 Å². The Hall–Kier alpha value is -1.16. The highest BCUT2D eigenvalue weighted by molar-refractivity contribution is 7.57. The maximum Gasteiger partial charge on any atom is 0.349 e. The number of carbonyl (C=O) groups excluding carboxylic acids is 1. The van der Waals surface area contributed by atoms with Gasteiger partial charge in [0, 0.05) is 11.4 Å². The summed E-state index contributed by atoms with van der Waals surface area (Å²) in [6.45, 7) is 9.32. The Labute approximate surface area is 141 Å². The quantitative estimate of drug-likeness (QED) is 0.540. The molecule has 4 nitrogen and oxygen atoms in total. The standard InChI is InChI=1S/C17H23O4PS/c1-6-20-22(5,19)11-13-12-9-7-8-10-14(12)23-15(13)16(18)21-17(2,3)4/h7-10H,6,11H2,1-5H3. The second-order valence-corrected chi connectivity index (χ2v) is 10.2. The summed E-state index contributed by atoms with van der Waals surface area (Å²) in [5.74, 6) is -0.370. The van der Waals surface area contributed by atoms with Crippen molar-refractivity contribution in [3.05, 3.63) is 34.7 Å². The van der Waals surface area contributed by atoms with Gasteiger partial charge in [-0.25, -0.2) is 4.79 Å². The van der Waals surface area contributed by atoms with Crippen LogP contribution >= 0.6 is 18.7 Å². The molecule has 1 aromatic heterocycles. The average Bonchev–Trinajstić information content (AvgIpc) is 2.75. The van der Waals surface area contributed by atoms with Crippen LogP contribution in [0, 0.1) is 0 Å². The third kappa shape index (κ3) is 4.66. The van der Waals surface area contributed by atoms with Crippen molar-refractivity contribution in [1.82, 2.24) is 0 Å². The van der Waals surface area contributed by atoms with Gasteiger partial charge in [-0.2, -0.15) is 0 Å². The number of thiophene rings is 1. The van der Waals surface area contributed by atoms with Gasteiger partial charge in [0.1, 0.15) is 10.5 Å². The summed E-state index contributed by atoms with van der Waals surface area (Å²) < 4.78 is 24.5.